The van der Waals surface area contributed by atoms with Crippen LogP contribution in [0.25, 0.3) is 109 Å². The van der Waals surface area contributed by atoms with Crippen LogP contribution in [-0.2, 0) is 10.8 Å². The van der Waals surface area contributed by atoms with Gasteiger partial charge in [0.25, 0.3) is 0 Å². The molecule has 0 spiro atoms. The second-order valence-electron chi connectivity index (χ2n) is 24.7. The zero-order valence-corrected chi connectivity index (χ0v) is 51.8. The number of nitrogens with zero attached hydrogens (tertiary/aromatic N) is 2. The van der Waals surface area contributed by atoms with Crippen molar-refractivity contribution in [3.05, 3.63) is 336 Å². The summed E-state index contributed by atoms with van der Waals surface area (Å²) >= 11 is 1.82. The van der Waals surface area contributed by atoms with E-state index >= 15 is 0 Å². The number of hydrogen-bond acceptors (Lipinski definition) is 5. The smallest absolute Gasteiger partial charge is 0.127 e. The van der Waals surface area contributed by atoms with Gasteiger partial charge < -0.3 is 9.47 Å². The second-order valence-corrected chi connectivity index (χ2v) is 25.8. The molecule has 0 unspecified atom stereocenters. The summed E-state index contributed by atoms with van der Waals surface area (Å²) in [6, 6.07) is 107. The van der Waals surface area contributed by atoms with Crippen LogP contribution in [0.1, 0.15) is 72.2 Å². The van der Waals surface area contributed by atoms with Gasteiger partial charge in [-0.05, 0) is 141 Å². The minimum atomic E-state index is -0.613. The molecule has 5 heteroatoms. The molecule has 0 saturated heterocycles. The maximum absolute atomic E-state index is 6.54. The molecular formula is C86H62N2O2S. The molecule has 0 bridgehead atoms. The largest absolute Gasteiger partial charge is 0.490 e. The number of rotatable bonds is 12. The Hall–Kier alpha value is -10.7. The lowest BCUT2D eigenvalue weighted by atomic mass is 9.67. The lowest BCUT2D eigenvalue weighted by Crippen LogP contribution is -2.28. The van der Waals surface area contributed by atoms with Crippen molar-refractivity contribution in [2.24, 2.45) is 0 Å². The van der Waals surface area contributed by atoms with Crippen LogP contribution in [0.15, 0.2) is 291 Å². The molecule has 0 atom stereocenters. The summed E-state index contributed by atoms with van der Waals surface area (Å²) in [6.45, 7) is 8.34. The molecule has 0 fully saturated rings. The Labute approximate surface area is 534 Å². The first-order chi connectivity index (χ1) is 44.8. The quantitative estimate of drug-likeness (QED) is 0.114. The Bertz CT molecular complexity index is 4950. The van der Waals surface area contributed by atoms with E-state index in [2.05, 4.69) is 319 Å². The molecule has 0 saturated carbocycles. The van der Waals surface area contributed by atoms with Gasteiger partial charge in [-0.25, -0.2) is 9.97 Å². The second kappa shape index (κ2) is 21.5. The van der Waals surface area contributed by atoms with Gasteiger partial charge in [0.15, 0.2) is 0 Å². The standard InChI is InChI=1S/C86H62N2O2S/c1-53(2)89-75-45-23-19-35-61(75)55-47-49-63-64-50-48-56(62-36-20-24-46-76(62)90-54(3)4)52-70(64)80-79(69(63)51-55)87-81-82(88-80)84(68-40-26-44-74-78(68)66-38-18-22-42-72(66)86(74,59-31-13-7-14-32-59)60-33-15-8-16-34-60)91-83(81)67-39-25-43-73-77(67)65-37-17-21-41-71(65)85(73,57-27-9-5-10-28-57)58-29-11-6-12-30-58/h5-54H,1-4H3. The summed E-state index contributed by atoms with van der Waals surface area (Å²) in [5, 5.41) is 4.23. The number of para-hydroxylation sites is 2. The highest BCUT2D eigenvalue weighted by molar-refractivity contribution is 7.21. The van der Waals surface area contributed by atoms with Crippen molar-refractivity contribution in [3.63, 3.8) is 0 Å². The summed E-state index contributed by atoms with van der Waals surface area (Å²) in [6.07, 6.45) is -0.0160. The van der Waals surface area contributed by atoms with Gasteiger partial charge in [0.2, 0.25) is 0 Å². The molecule has 15 aromatic rings. The predicted octanol–water partition coefficient (Wildman–Crippen LogP) is 22.1. The van der Waals surface area contributed by atoms with Crippen molar-refractivity contribution in [3.8, 4) is 76.9 Å². The molecule has 2 aliphatic carbocycles. The van der Waals surface area contributed by atoms with E-state index in [1.165, 1.54) is 66.8 Å². The third-order valence-corrected chi connectivity index (χ3v) is 20.2. The third kappa shape index (κ3) is 8.27. The molecule has 2 aromatic heterocycles. The Morgan fingerprint density at radius 3 is 0.978 bits per heavy atom. The monoisotopic (exact) mass is 1190 g/mol. The Balaban J connectivity index is 1.03. The Kier molecular flexibility index (Phi) is 12.9. The van der Waals surface area contributed by atoms with Crippen LogP contribution in [0.5, 0.6) is 11.5 Å². The molecule has 4 nitrogen and oxygen atoms in total. The fourth-order valence-electron chi connectivity index (χ4n) is 15.5. The van der Waals surface area contributed by atoms with Gasteiger partial charge in [-0.2, -0.15) is 0 Å². The molecule has 0 aliphatic heterocycles. The van der Waals surface area contributed by atoms with Gasteiger partial charge in [0, 0.05) is 33.0 Å². The molecule has 0 radical (unpaired) electrons. The summed E-state index contributed by atoms with van der Waals surface area (Å²) in [5.41, 5.74) is 23.2. The zero-order valence-electron chi connectivity index (χ0n) is 51.0. The molecule has 434 valence electrons. The van der Waals surface area contributed by atoms with E-state index in [0.29, 0.717) is 0 Å². The van der Waals surface area contributed by atoms with E-state index in [-0.39, 0.29) is 12.2 Å². The predicted molar refractivity (Wildman–Crippen MR) is 378 cm³/mol. The molecule has 17 rings (SSSR count). The van der Waals surface area contributed by atoms with E-state index in [1.54, 1.807) is 0 Å². The van der Waals surface area contributed by atoms with Gasteiger partial charge in [0.1, 0.15) is 22.5 Å². The van der Waals surface area contributed by atoms with E-state index in [1.807, 2.05) is 11.3 Å². The lowest BCUT2D eigenvalue weighted by molar-refractivity contribution is 0.243. The number of benzene rings is 13. The van der Waals surface area contributed by atoms with Gasteiger partial charge in [0.05, 0.1) is 43.8 Å². The minimum Gasteiger partial charge on any atom is -0.490 e. The summed E-state index contributed by atoms with van der Waals surface area (Å²) in [4.78, 5) is 14.6. The van der Waals surface area contributed by atoms with E-state index < -0.39 is 10.8 Å². The summed E-state index contributed by atoms with van der Waals surface area (Å²) in [5.74, 6) is 1.68. The van der Waals surface area contributed by atoms with Crippen molar-refractivity contribution in [1.29, 1.82) is 0 Å². The Morgan fingerprint density at radius 1 is 0.286 bits per heavy atom. The number of thiophene rings is 1. The van der Waals surface area contributed by atoms with Crippen molar-refractivity contribution in [1.82, 2.24) is 9.97 Å². The Morgan fingerprint density at radius 2 is 0.604 bits per heavy atom. The molecule has 91 heavy (non-hydrogen) atoms. The first-order valence-corrected chi connectivity index (χ1v) is 32.5. The highest BCUT2D eigenvalue weighted by Gasteiger charge is 2.49. The van der Waals surface area contributed by atoms with Crippen LogP contribution in [0.3, 0.4) is 0 Å². The van der Waals surface area contributed by atoms with Crippen molar-refractivity contribution < 1.29 is 9.47 Å². The van der Waals surface area contributed by atoms with E-state index in [4.69, 9.17) is 19.4 Å². The number of hydrogen-bond donors (Lipinski definition) is 0. The first kappa shape index (κ1) is 54.4. The molecule has 13 aromatic carbocycles. The SMILES string of the molecule is CC(C)Oc1ccccc1-c1ccc2c3ccc(-c4ccccc4OC(C)C)cc3c3nc4c(-c5cccc6c5-c5ccccc5C6(c5ccccc5)c5ccccc5)sc(-c5cccc6c5-c5ccccc5C6(c5ccccc5)c5ccccc5)c4nc3c2c1. The first-order valence-electron chi connectivity index (χ1n) is 31.7. The maximum Gasteiger partial charge on any atom is 0.127 e. The normalized spacial score (nSPS) is 13.4. The summed E-state index contributed by atoms with van der Waals surface area (Å²) in [7, 11) is 0. The maximum atomic E-state index is 6.54. The highest BCUT2D eigenvalue weighted by Crippen LogP contribution is 2.62. The average molecular weight is 1190 g/mol. The average Bonchev–Trinajstić information content (AvgIpc) is 1.56. The van der Waals surface area contributed by atoms with Gasteiger partial charge in [-0.15, -0.1) is 11.3 Å². The van der Waals surface area contributed by atoms with Crippen LogP contribution in [0.2, 0.25) is 0 Å². The van der Waals surface area contributed by atoms with Crippen molar-refractivity contribution in [2.45, 2.75) is 50.7 Å². The van der Waals surface area contributed by atoms with Crippen LogP contribution in [-0.4, -0.2) is 22.2 Å². The minimum absolute atomic E-state index is 0.00799. The van der Waals surface area contributed by atoms with E-state index in [9.17, 15) is 0 Å². The van der Waals surface area contributed by atoms with Crippen molar-refractivity contribution >= 4 is 54.9 Å². The topological polar surface area (TPSA) is 44.2 Å². The van der Waals surface area contributed by atoms with Crippen LogP contribution >= 0.6 is 11.3 Å². The number of aromatic nitrogens is 2. The number of fused-ring (bicyclic) bond motifs is 13. The third-order valence-electron chi connectivity index (χ3n) is 18.9. The van der Waals surface area contributed by atoms with Gasteiger partial charge in [-0.1, -0.05) is 267 Å². The lowest BCUT2D eigenvalue weighted by Gasteiger charge is -2.34. The van der Waals surface area contributed by atoms with Gasteiger partial charge in [-0.3, -0.25) is 0 Å². The molecule has 2 aliphatic rings. The fourth-order valence-corrected chi connectivity index (χ4v) is 16.7. The fraction of sp³-hybridized carbons (Fsp3) is 0.0930. The molecular weight excluding hydrogens is 1130 g/mol. The summed E-state index contributed by atoms with van der Waals surface area (Å²) < 4.78 is 13.1. The zero-order chi connectivity index (χ0) is 61.0. The van der Waals surface area contributed by atoms with Crippen LogP contribution < -0.4 is 9.47 Å². The molecule has 0 N–H and O–H groups in total. The molecule has 0 amide bonds. The van der Waals surface area contributed by atoms with Crippen LogP contribution in [0.4, 0.5) is 0 Å². The molecule has 2 heterocycles. The van der Waals surface area contributed by atoms with Crippen molar-refractivity contribution in [2.75, 3.05) is 0 Å². The van der Waals surface area contributed by atoms with E-state index in [0.717, 1.165) is 98.2 Å². The highest BCUT2D eigenvalue weighted by atomic mass is 32.1. The number of ether oxygens (including phenoxy) is 2. The van der Waals surface area contributed by atoms with Gasteiger partial charge >= 0.3 is 0 Å². The van der Waals surface area contributed by atoms with Crippen LogP contribution in [0, 0.1) is 0 Å².